The second kappa shape index (κ2) is 10.1. The predicted octanol–water partition coefficient (Wildman–Crippen LogP) is 2.39. The Morgan fingerprint density at radius 2 is 1.85 bits per heavy atom. The molecule has 0 bridgehead atoms. The molecule has 2 aliphatic rings. The van der Waals surface area contributed by atoms with Crippen molar-refractivity contribution in [3.63, 3.8) is 0 Å². The standard InChI is InChI=1S/C24H32N4O4S/c1-26(14-15-27-11-3-2-4-12-27)22-7-5-6-20(16-22)24(29)28-13-10-19-8-9-23(17-21(19)18-28)32-33(25,30)31/h5-9,16-17H,2-4,10-15,18H2,1H3,(H2,25,30,31). The van der Waals surface area contributed by atoms with Gasteiger partial charge in [-0.2, -0.15) is 13.6 Å². The van der Waals surface area contributed by atoms with Gasteiger partial charge in [0, 0.05) is 44.5 Å². The van der Waals surface area contributed by atoms with Crippen LogP contribution in [0.25, 0.3) is 0 Å². The van der Waals surface area contributed by atoms with Crippen LogP contribution < -0.4 is 14.2 Å². The van der Waals surface area contributed by atoms with Crippen molar-refractivity contribution in [2.75, 3.05) is 44.7 Å². The van der Waals surface area contributed by atoms with Crippen molar-refractivity contribution < 1.29 is 17.4 Å². The van der Waals surface area contributed by atoms with Gasteiger partial charge in [0.05, 0.1) is 0 Å². The molecule has 0 spiro atoms. The van der Waals surface area contributed by atoms with E-state index in [9.17, 15) is 13.2 Å². The van der Waals surface area contributed by atoms with Crippen molar-refractivity contribution in [2.45, 2.75) is 32.2 Å². The topological polar surface area (TPSA) is 96.2 Å². The molecule has 2 heterocycles. The molecular weight excluding hydrogens is 440 g/mol. The van der Waals surface area contributed by atoms with Gasteiger partial charge in [0.1, 0.15) is 5.75 Å². The smallest absolute Gasteiger partial charge is 0.373 e. The van der Waals surface area contributed by atoms with E-state index in [4.69, 9.17) is 9.32 Å². The Morgan fingerprint density at radius 3 is 2.61 bits per heavy atom. The minimum atomic E-state index is -4.09. The fourth-order valence-electron chi connectivity index (χ4n) is 4.56. The molecule has 2 aliphatic heterocycles. The fraction of sp³-hybridized carbons (Fsp3) is 0.458. The van der Waals surface area contributed by atoms with E-state index in [1.165, 1.54) is 32.4 Å². The highest BCUT2D eigenvalue weighted by atomic mass is 32.2. The summed E-state index contributed by atoms with van der Waals surface area (Å²) in [5, 5.41) is 4.98. The molecule has 0 saturated carbocycles. The lowest BCUT2D eigenvalue weighted by Gasteiger charge is -2.30. The van der Waals surface area contributed by atoms with Gasteiger partial charge in [-0.3, -0.25) is 4.79 Å². The summed E-state index contributed by atoms with van der Waals surface area (Å²) in [5.41, 5.74) is 3.62. The molecule has 8 nitrogen and oxygen atoms in total. The zero-order valence-electron chi connectivity index (χ0n) is 19.1. The number of carbonyl (C=O) groups is 1. The van der Waals surface area contributed by atoms with Crippen molar-refractivity contribution in [3.05, 3.63) is 59.2 Å². The third-order valence-electron chi connectivity index (χ3n) is 6.42. The lowest BCUT2D eigenvalue weighted by molar-refractivity contribution is 0.0734. The number of likely N-dealkylation sites (tertiary alicyclic amines) is 1. The number of likely N-dealkylation sites (N-methyl/N-ethyl adjacent to an activating group) is 1. The van der Waals surface area contributed by atoms with Crippen molar-refractivity contribution in [3.8, 4) is 5.75 Å². The van der Waals surface area contributed by atoms with Gasteiger partial charge in [-0.1, -0.05) is 18.6 Å². The molecule has 2 N–H and O–H groups in total. The van der Waals surface area contributed by atoms with Crippen LogP contribution >= 0.6 is 0 Å². The molecule has 1 fully saturated rings. The van der Waals surface area contributed by atoms with E-state index in [1.807, 2.05) is 30.3 Å². The van der Waals surface area contributed by atoms with Crippen LogP contribution in [0.5, 0.6) is 5.75 Å². The number of fused-ring (bicyclic) bond motifs is 1. The van der Waals surface area contributed by atoms with Gasteiger partial charge in [-0.05, 0) is 73.8 Å². The van der Waals surface area contributed by atoms with Crippen molar-refractivity contribution in [2.24, 2.45) is 5.14 Å². The van der Waals surface area contributed by atoms with Crippen LogP contribution in [0.1, 0.15) is 40.7 Å². The minimum Gasteiger partial charge on any atom is -0.373 e. The lowest BCUT2D eigenvalue weighted by Crippen LogP contribution is -2.37. The van der Waals surface area contributed by atoms with E-state index in [0.29, 0.717) is 25.1 Å². The monoisotopic (exact) mass is 472 g/mol. The van der Waals surface area contributed by atoms with Gasteiger partial charge in [0.25, 0.3) is 5.91 Å². The summed E-state index contributed by atoms with van der Waals surface area (Å²) in [7, 11) is -2.02. The largest absolute Gasteiger partial charge is 0.380 e. The predicted molar refractivity (Wildman–Crippen MR) is 129 cm³/mol. The van der Waals surface area contributed by atoms with Crippen LogP contribution in [0.2, 0.25) is 0 Å². The number of piperidine rings is 1. The summed E-state index contributed by atoms with van der Waals surface area (Å²) in [6.07, 6.45) is 4.59. The van der Waals surface area contributed by atoms with E-state index in [2.05, 4.69) is 16.8 Å². The summed E-state index contributed by atoms with van der Waals surface area (Å²) in [5.74, 6) is 0.118. The lowest BCUT2D eigenvalue weighted by atomic mass is 9.99. The molecule has 1 saturated heterocycles. The maximum atomic E-state index is 13.3. The average molecular weight is 473 g/mol. The summed E-state index contributed by atoms with van der Waals surface area (Å²) in [6.45, 7) is 5.29. The third kappa shape index (κ3) is 6.25. The first-order chi connectivity index (χ1) is 15.8. The normalized spacial score (nSPS) is 16.8. The maximum absolute atomic E-state index is 13.3. The molecule has 1 amide bonds. The second-order valence-electron chi connectivity index (χ2n) is 8.86. The summed E-state index contributed by atoms with van der Waals surface area (Å²) in [6, 6.07) is 12.8. The van der Waals surface area contributed by atoms with E-state index in [1.54, 1.807) is 17.0 Å². The van der Waals surface area contributed by atoms with Gasteiger partial charge < -0.3 is 18.9 Å². The number of amides is 1. The Bertz CT molecular complexity index is 1100. The van der Waals surface area contributed by atoms with Crippen LogP contribution in [0.3, 0.4) is 0 Å². The summed E-state index contributed by atoms with van der Waals surface area (Å²) < 4.78 is 27.3. The number of hydrogen-bond donors (Lipinski definition) is 1. The zero-order valence-corrected chi connectivity index (χ0v) is 19.9. The molecule has 0 unspecified atom stereocenters. The summed E-state index contributed by atoms with van der Waals surface area (Å²) in [4.78, 5) is 19.8. The minimum absolute atomic E-state index is 0.0373. The molecule has 0 aliphatic carbocycles. The Balaban J connectivity index is 1.41. The zero-order chi connectivity index (χ0) is 23.4. The molecule has 2 aromatic carbocycles. The van der Waals surface area contributed by atoms with Crippen LogP contribution in [0.15, 0.2) is 42.5 Å². The van der Waals surface area contributed by atoms with Crippen molar-refractivity contribution >= 4 is 21.9 Å². The van der Waals surface area contributed by atoms with E-state index >= 15 is 0 Å². The van der Waals surface area contributed by atoms with Crippen molar-refractivity contribution in [1.29, 1.82) is 0 Å². The number of benzene rings is 2. The first kappa shape index (κ1) is 23.5. The quantitative estimate of drug-likeness (QED) is 0.665. The molecule has 0 radical (unpaired) electrons. The van der Waals surface area contributed by atoms with Crippen molar-refractivity contribution in [1.82, 2.24) is 9.80 Å². The van der Waals surface area contributed by atoms with Gasteiger partial charge in [-0.15, -0.1) is 0 Å². The summed E-state index contributed by atoms with van der Waals surface area (Å²) >= 11 is 0. The molecular formula is C24H32N4O4S. The molecule has 0 atom stereocenters. The highest BCUT2D eigenvalue weighted by Gasteiger charge is 2.23. The molecule has 4 rings (SSSR count). The highest BCUT2D eigenvalue weighted by molar-refractivity contribution is 7.84. The average Bonchev–Trinajstić information content (AvgIpc) is 2.81. The van der Waals surface area contributed by atoms with E-state index in [-0.39, 0.29) is 11.7 Å². The number of anilines is 1. The molecule has 178 valence electrons. The molecule has 2 aromatic rings. The van der Waals surface area contributed by atoms with Gasteiger partial charge in [0.15, 0.2) is 0 Å². The second-order valence-corrected chi connectivity index (χ2v) is 10.0. The molecule has 9 heteroatoms. The third-order valence-corrected chi connectivity index (χ3v) is 6.85. The number of nitrogens with zero attached hydrogens (tertiary/aromatic N) is 3. The Hall–Kier alpha value is -2.62. The first-order valence-electron chi connectivity index (χ1n) is 11.5. The van der Waals surface area contributed by atoms with E-state index in [0.717, 1.165) is 29.9 Å². The highest BCUT2D eigenvalue weighted by Crippen LogP contribution is 2.26. The van der Waals surface area contributed by atoms with Crippen LogP contribution in [-0.4, -0.2) is 63.9 Å². The van der Waals surface area contributed by atoms with Crippen LogP contribution in [-0.2, 0) is 23.3 Å². The Morgan fingerprint density at radius 1 is 1.06 bits per heavy atom. The first-order valence-corrected chi connectivity index (χ1v) is 12.9. The number of hydrogen-bond acceptors (Lipinski definition) is 6. The Kier molecular flexibility index (Phi) is 7.21. The van der Waals surface area contributed by atoms with Gasteiger partial charge >= 0.3 is 10.3 Å². The SMILES string of the molecule is CN(CCN1CCCCC1)c1cccc(C(=O)N2CCc3ccc(OS(N)(=O)=O)cc3C2)c1. The molecule has 33 heavy (non-hydrogen) atoms. The van der Waals surface area contributed by atoms with Crippen LogP contribution in [0.4, 0.5) is 5.69 Å². The Labute approximate surface area is 196 Å². The molecule has 0 aromatic heterocycles. The van der Waals surface area contributed by atoms with Gasteiger partial charge in [0.2, 0.25) is 0 Å². The van der Waals surface area contributed by atoms with Gasteiger partial charge in [-0.25, -0.2) is 0 Å². The number of rotatable bonds is 7. The number of nitrogens with two attached hydrogens (primary N) is 1. The fourth-order valence-corrected chi connectivity index (χ4v) is 4.93. The van der Waals surface area contributed by atoms with E-state index < -0.39 is 10.3 Å². The van der Waals surface area contributed by atoms with Crippen LogP contribution in [0, 0.1) is 0 Å². The number of carbonyl (C=O) groups excluding carboxylic acids is 1. The maximum Gasteiger partial charge on any atom is 0.380 e.